The van der Waals surface area contributed by atoms with Crippen LogP contribution in [0.2, 0.25) is 10.0 Å². The smallest absolute Gasteiger partial charge is 0.264 e. The Hall–Kier alpha value is -3.07. The molecule has 3 aromatic carbocycles. The van der Waals surface area contributed by atoms with Crippen LogP contribution in [0.3, 0.4) is 0 Å². The van der Waals surface area contributed by atoms with Crippen molar-refractivity contribution in [2.45, 2.75) is 25.7 Å². The molecule has 0 atom stereocenters. The zero-order chi connectivity index (χ0) is 26.5. The molecule has 36 heavy (non-hydrogen) atoms. The lowest BCUT2D eigenvalue weighted by Crippen LogP contribution is -2.38. The lowest BCUT2D eigenvalue weighted by Gasteiger charge is -2.26. The maximum atomic E-state index is 13.6. The molecule has 2 amide bonds. The SMILES string of the molecule is CCN(CC)C(=O)c1ccccc1NC(=O)CN(c1cc(Cl)ccc1Cl)S(=O)(=O)c1ccc(C)cc1. The Labute approximate surface area is 221 Å². The summed E-state index contributed by atoms with van der Waals surface area (Å²) in [5.41, 5.74) is 1.54. The molecule has 3 aromatic rings. The highest BCUT2D eigenvalue weighted by molar-refractivity contribution is 7.92. The number of benzene rings is 3. The normalized spacial score (nSPS) is 11.1. The van der Waals surface area contributed by atoms with Crippen molar-refractivity contribution in [2.24, 2.45) is 0 Å². The third kappa shape index (κ3) is 6.19. The van der Waals surface area contributed by atoms with E-state index in [2.05, 4.69) is 5.32 Å². The lowest BCUT2D eigenvalue weighted by molar-refractivity contribution is -0.114. The maximum absolute atomic E-state index is 13.6. The van der Waals surface area contributed by atoms with E-state index in [1.165, 1.54) is 30.3 Å². The van der Waals surface area contributed by atoms with Gasteiger partial charge in [0.1, 0.15) is 6.54 Å². The Balaban J connectivity index is 1.99. The quantitative estimate of drug-likeness (QED) is 0.376. The molecule has 0 heterocycles. The Bertz CT molecular complexity index is 1360. The number of hydrogen-bond acceptors (Lipinski definition) is 4. The van der Waals surface area contributed by atoms with Gasteiger partial charge in [-0.25, -0.2) is 8.42 Å². The largest absolute Gasteiger partial charge is 0.339 e. The summed E-state index contributed by atoms with van der Waals surface area (Å²) in [6.45, 7) is 5.99. The van der Waals surface area contributed by atoms with E-state index in [0.717, 1.165) is 9.87 Å². The van der Waals surface area contributed by atoms with E-state index in [1.54, 1.807) is 41.3 Å². The topological polar surface area (TPSA) is 86.8 Å². The zero-order valence-corrected chi connectivity index (χ0v) is 22.5. The van der Waals surface area contributed by atoms with Crippen LogP contribution in [0.1, 0.15) is 29.8 Å². The summed E-state index contributed by atoms with van der Waals surface area (Å²) >= 11 is 12.5. The average Bonchev–Trinajstić information content (AvgIpc) is 2.85. The number of hydrogen-bond donors (Lipinski definition) is 1. The van der Waals surface area contributed by atoms with Crippen LogP contribution in [-0.2, 0) is 14.8 Å². The van der Waals surface area contributed by atoms with E-state index in [9.17, 15) is 18.0 Å². The Morgan fingerprint density at radius 2 is 1.56 bits per heavy atom. The summed E-state index contributed by atoms with van der Waals surface area (Å²) in [6.07, 6.45) is 0. The predicted molar refractivity (Wildman–Crippen MR) is 144 cm³/mol. The molecule has 3 rings (SSSR count). The third-order valence-corrected chi connectivity index (χ3v) is 7.88. The van der Waals surface area contributed by atoms with Gasteiger partial charge in [-0.05, 0) is 63.2 Å². The predicted octanol–water partition coefficient (Wildman–Crippen LogP) is 5.62. The van der Waals surface area contributed by atoms with Gasteiger partial charge in [0.25, 0.3) is 15.9 Å². The second-order valence-corrected chi connectivity index (χ2v) is 10.7. The number of nitrogens with zero attached hydrogens (tertiary/aromatic N) is 2. The van der Waals surface area contributed by atoms with E-state index in [-0.39, 0.29) is 32.2 Å². The maximum Gasteiger partial charge on any atom is 0.264 e. The number of carbonyl (C=O) groups excluding carboxylic acids is 2. The minimum Gasteiger partial charge on any atom is -0.339 e. The van der Waals surface area contributed by atoms with E-state index in [0.29, 0.717) is 18.7 Å². The number of nitrogens with one attached hydrogen (secondary N) is 1. The van der Waals surface area contributed by atoms with Crippen LogP contribution in [0.25, 0.3) is 0 Å². The first-order valence-corrected chi connectivity index (χ1v) is 13.5. The van der Waals surface area contributed by atoms with Crippen molar-refractivity contribution in [3.05, 3.63) is 87.9 Å². The standard InChI is InChI=1S/C26H27Cl2N3O4S/c1-4-30(5-2)26(33)21-8-6-7-9-23(21)29-25(32)17-31(24-16-19(27)12-15-22(24)28)36(34,35)20-13-10-18(3)11-14-20/h6-16H,4-5,17H2,1-3H3,(H,29,32). The van der Waals surface area contributed by atoms with Gasteiger partial charge >= 0.3 is 0 Å². The number of para-hydroxylation sites is 1. The fourth-order valence-electron chi connectivity index (χ4n) is 3.59. The fraction of sp³-hybridized carbons (Fsp3) is 0.231. The second kappa shape index (κ2) is 11.8. The van der Waals surface area contributed by atoms with Gasteiger partial charge in [0.15, 0.2) is 0 Å². The fourth-order valence-corrected chi connectivity index (χ4v) is 5.46. The minimum absolute atomic E-state index is 0.00551. The van der Waals surface area contributed by atoms with Crippen LogP contribution in [0.15, 0.2) is 71.6 Å². The molecule has 10 heteroatoms. The average molecular weight is 548 g/mol. The molecule has 0 saturated carbocycles. The van der Waals surface area contributed by atoms with Crippen molar-refractivity contribution in [3.63, 3.8) is 0 Å². The molecular formula is C26H27Cl2N3O4S. The molecule has 0 saturated heterocycles. The van der Waals surface area contributed by atoms with Gasteiger partial charge in [-0.3, -0.25) is 13.9 Å². The van der Waals surface area contributed by atoms with Gasteiger partial charge in [-0.1, -0.05) is 53.0 Å². The monoisotopic (exact) mass is 547 g/mol. The summed E-state index contributed by atoms with van der Waals surface area (Å²) in [5, 5.41) is 3.06. The van der Waals surface area contributed by atoms with Crippen LogP contribution in [0.4, 0.5) is 11.4 Å². The lowest BCUT2D eigenvalue weighted by atomic mass is 10.1. The van der Waals surface area contributed by atoms with Crippen molar-refractivity contribution < 1.29 is 18.0 Å². The molecule has 0 fully saturated rings. The molecule has 0 unspecified atom stereocenters. The molecule has 190 valence electrons. The zero-order valence-electron chi connectivity index (χ0n) is 20.2. The van der Waals surface area contributed by atoms with Crippen LogP contribution >= 0.6 is 23.2 Å². The molecule has 0 spiro atoms. The molecular weight excluding hydrogens is 521 g/mol. The number of aryl methyl sites for hydroxylation is 1. The van der Waals surface area contributed by atoms with Crippen molar-refractivity contribution in [2.75, 3.05) is 29.3 Å². The first-order chi connectivity index (χ1) is 17.1. The number of sulfonamides is 1. The number of anilines is 2. The van der Waals surface area contributed by atoms with E-state index in [4.69, 9.17) is 23.2 Å². The van der Waals surface area contributed by atoms with Gasteiger partial charge < -0.3 is 10.2 Å². The second-order valence-electron chi connectivity index (χ2n) is 7.99. The highest BCUT2D eigenvalue weighted by atomic mass is 35.5. The Kier molecular flexibility index (Phi) is 9.00. The molecule has 7 nitrogen and oxygen atoms in total. The molecule has 0 aliphatic heterocycles. The number of carbonyl (C=O) groups is 2. The van der Waals surface area contributed by atoms with Crippen molar-refractivity contribution >= 4 is 56.4 Å². The van der Waals surface area contributed by atoms with Gasteiger partial charge in [0.05, 0.1) is 26.9 Å². The van der Waals surface area contributed by atoms with E-state index in [1.807, 2.05) is 20.8 Å². The summed E-state index contributed by atoms with van der Waals surface area (Å²) < 4.78 is 28.2. The first-order valence-electron chi connectivity index (χ1n) is 11.3. The van der Waals surface area contributed by atoms with Gasteiger partial charge in [0, 0.05) is 18.1 Å². The van der Waals surface area contributed by atoms with E-state index < -0.39 is 22.5 Å². The van der Waals surface area contributed by atoms with Crippen LogP contribution in [0, 0.1) is 6.92 Å². The molecule has 0 bridgehead atoms. The summed E-state index contributed by atoms with van der Waals surface area (Å²) in [5.74, 6) is -0.889. The first kappa shape index (κ1) is 27.5. The van der Waals surface area contributed by atoms with Crippen LogP contribution in [-0.4, -0.2) is 44.8 Å². The summed E-state index contributed by atoms with van der Waals surface area (Å²) in [6, 6.07) is 17.2. The van der Waals surface area contributed by atoms with Crippen molar-refractivity contribution in [3.8, 4) is 0 Å². The van der Waals surface area contributed by atoms with Gasteiger partial charge in [0.2, 0.25) is 5.91 Å². The summed E-state index contributed by atoms with van der Waals surface area (Å²) in [7, 11) is -4.19. The highest BCUT2D eigenvalue weighted by Crippen LogP contribution is 2.33. The number of rotatable bonds is 9. The van der Waals surface area contributed by atoms with Crippen LogP contribution in [0.5, 0.6) is 0 Å². The van der Waals surface area contributed by atoms with Gasteiger partial charge in [-0.15, -0.1) is 0 Å². The van der Waals surface area contributed by atoms with Crippen molar-refractivity contribution in [1.29, 1.82) is 0 Å². The highest BCUT2D eigenvalue weighted by Gasteiger charge is 2.29. The van der Waals surface area contributed by atoms with Crippen LogP contribution < -0.4 is 9.62 Å². The molecule has 0 radical (unpaired) electrons. The molecule has 1 N–H and O–H groups in total. The Morgan fingerprint density at radius 1 is 0.917 bits per heavy atom. The third-order valence-electron chi connectivity index (χ3n) is 5.56. The number of amides is 2. The van der Waals surface area contributed by atoms with Gasteiger partial charge in [-0.2, -0.15) is 0 Å². The number of halogens is 2. The minimum atomic E-state index is -4.19. The molecule has 0 aliphatic rings. The molecule has 0 aliphatic carbocycles. The Morgan fingerprint density at radius 3 is 2.19 bits per heavy atom. The van der Waals surface area contributed by atoms with Crippen molar-refractivity contribution in [1.82, 2.24) is 4.90 Å². The summed E-state index contributed by atoms with van der Waals surface area (Å²) in [4.78, 5) is 27.8. The molecule has 0 aromatic heterocycles. The van der Waals surface area contributed by atoms with E-state index >= 15 is 0 Å².